The van der Waals surface area contributed by atoms with Gasteiger partial charge in [-0.25, -0.2) is 4.98 Å². The minimum absolute atomic E-state index is 0.189. The van der Waals surface area contributed by atoms with E-state index in [1.54, 1.807) is 16.8 Å². The number of hydrogen-bond acceptors (Lipinski definition) is 4. The number of anilines is 1. The maximum atomic E-state index is 13.1. The van der Waals surface area contributed by atoms with E-state index in [0.717, 1.165) is 29.0 Å². The first-order valence-corrected chi connectivity index (χ1v) is 10.6. The van der Waals surface area contributed by atoms with Crippen LogP contribution in [0.4, 0.5) is 5.69 Å². The molecule has 4 fully saturated rings. The van der Waals surface area contributed by atoms with Gasteiger partial charge < -0.3 is 10.1 Å². The number of ether oxygens (including phenoxy) is 1. The summed E-state index contributed by atoms with van der Waals surface area (Å²) in [6.07, 6.45) is 6.44. The highest BCUT2D eigenvalue weighted by Crippen LogP contribution is 2.56. The molecule has 1 heterocycles. The van der Waals surface area contributed by atoms with Gasteiger partial charge in [0.25, 0.3) is 0 Å². The van der Waals surface area contributed by atoms with Crippen molar-refractivity contribution in [3.05, 3.63) is 40.8 Å². The van der Waals surface area contributed by atoms with Crippen LogP contribution in [0, 0.1) is 29.6 Å². The van der Waals surface area contributed by atoms with Gasteiger partial charge in [0, 0.05) is 11.3 Å². The Kier molecular flexibility index (Phi) is 4.20. The summed E-state index contributed by atoms with van der Waals surface area (Å²) >= 11 is 1.56. The first-order chi connectivity index (χ1) is 12.8. The summed E-state index contributed by atoms with van der Waals surface area (Å²) in [5.74, 6) is 4.06. The number of benzene rings is 1. The molecule has 4 aliphatic carbocycles. The molecule has 1 aromatic heterocycles. The highest BCUT2D eigenvalue weighted by Gasteiger charge is 2.50. The van der Waals surface area contributed by atoms with Crippen LogP contribution in [0.1, 0.15) is 37.8 Å². The van der Waals surface area contributed by atoms with Crippen LogP contribution < -0.4 is 10.1 Å². The highest BCUT2D eigenvalue weighted by atomic mass is 32.1. The summed E-state index contributed by atoms with van der Waals surface area (Å²) < 4.78 is 5.92. The molecule has 0 aliphatic heterocycles. The van der Waals surface area contributed by atoms with E-state index in [-0.39, 0.29) is 11.8 Å². The molecule has 26 heavy (non-hydrogen) atoms. The van der Waals surface area contributed by atoms with Crippen molar-refractivity contribution >= 4 is 22.9 Å². The summed E-state index contributed by atoms with van der Waals surface area (Å²) in [6.45, 7) is 0.425. The lowest BCUT2D eigenvalue weighted by atomic mass is 9.51. The van der Waals surface area contributed by atoms with Crippen molar-refractivity contribution in [2.24, 2.45) is 29.6 Å². The molecule has 0 radical (unpaired) electrons. The molecule has 1 N–H and O–H groups in total. The van der Waals surface area contributed by atoms with Crippen molar-refractivity contribution in [3.63, 3.8) is 0 Å². The molecule has 1 aromatic carbocycles. The number of nitrogens with zero attached hydrogens (tertiary/aromatic N) is 1. The van der Waals surface area contributed by atoms with E-state index in [2.05, 4.69) is 10.3 Å². The zero-order chi connectivity index (χ0) is 17.5. The Morgan fingerprint density at radius 1 is 1.12 bits per heavy atom. The smallest absolute Gasteiger partial charge is 0.228 e. The maximum absolute atomic E-state index is 13.1. The van der Waals surface area contributed by atoms with E-state index in [9.17, 15) is 4.79 Å². The monoisotopic (exact) mass is 368 g/mol. The number of thiazole rings is 1. The Balaban J connectivity index is 1.29. The van der Waals surface area contributed by atoms with E-state index >= 15 is 0 Å². The quantitative estimate of drug-likeness (QED) is 0.830. The number of carbonyl (C=O) groups excluding carboxylic acids is 1. The predicted octanol–water partition coefficient (Wildman–Crippen LogP) is 4.73. The Bertz CT molecular complexity index is 761. The van der Waals surface area contributed by atoms with Gasteiger partial charge >= 0.3 is 0 Å². The molecule has 4 nitrogen and oxygen atoms in total. The van der Waals surface area contributed by atoms with Crippen molar-refractivity contribution < 1.29 is 9.53 Å². The van der Waals surface area contributed by atoms with Gasteiger partial charge in [-0.05, 0) is 67.9 Å². The minimum atomic E-state index is 0.189. The minimum Gasteiger partial charge on any atom is -0.485 e. The lowest BCUT2D eigenvalue weighted by Gasteiger charge is -2.53. The number of para-hydroxylation sites is 2. The Morgan fingerprint density at radius 3 is 2.54 bits per heavy atom. The molecule has 6 rings (SSSR count). The average Bonchev–Trinajstić information content (AvgIpc) is 3.13. The standard InChI is InChI=1S/C21H24N2O2S/c24-21(20-15-6-13-5-14(8-15)9-16(20)7-13)23-18-3-1-2-4-19(18)25-10-17-11-26-12-22-17/h1-4,11-16,20H,5-10H2,(H,23,24). The van der Waals surface area contributed by atoms with E-state index in [1.807, 2.05) is 29.6 Å². The van der Waals surface area contributed by atoms with Gasteiger partial charge in [0.05, 0.1) is 16.9 Å². The molecule has 1 amide bonds. The number of nitrogens with one attached hydrogen (secondary N) is 1. The summed E-state index contributed by atoms with van der Waals surface area (Å²) in [5, 5.41) is 5.17. The van der Waals surface area contributed by atoms with Crippen LogP contribution in [-0.2, 0) is 11.4 Å². The molecular weight excluding hydrogens is 344 g/mol. The van der Waals surface area contributed by atoms with Crippen LogP contribution in [0.3, 0.4) is 0 Å². The lowest BCUT2D eigenvalue weighted by molar-refractivity contribution is -0.132. The predicted molar refractivity (Wildman–Crippen MR) is 102 cm³/mol. The lowest BCUT2D eigenvalue weighted by Crippen LogP contribution is -2.49. The summed E-state index contributed by atoms with van der Waals surface area (Å²) in [6, 6.07) is 7.74. The number of hydrogen-bond donors (Lipinski definition) is 1. The maximum Gasteiger partial charge on any atom is 0.228 e. The Morgan fingerprint density at radius 2 is 1.85 bits per heavy atom. The van der Waals surface area contributed by atoms with Crippen LogP contribution in [0.2, 0.25) is 0 Å². The number of rotatable bonds is 5. The van der Waals surface area contributed by atoms with Crippen LogP contribution in [-0.4, -0.2) is 10.9 Å². The zero-order valence-corrected chi connectivity index (χ0v) is 15.6. The number of amides is 1. The second kappa shape index (κ2) is 6.69. The molecule has 4 saturated carbocycles. The van der Waals surface area contributed by atoms with Crippen molar-refractivity contribution in [1.82, 2.24) is 4.98 Å². The molecule has 5 heteroatoms. The third kappa shape index (κ3) is 3.02. The molecule has 136 valence electrons. The molecule has 4 aliphatic rings. The van der Waals surface area contributed by atoms with Crippen molar-refractivity contribution in [2.75, 3.05) is 5.32 Å². The fourth-order valence-electron chi connectivity index (χ4n) is 5.73. The topological polar surface area (TPSA) is 51.2 Å². The first kappa shape index (κ1) is 16.3. The Labute approximate surface area is 158 Å². The van der Waals surface area contributed by atoms with Gasteiger partial charge in [0.15, 0.2) is 0 Å². The van der Waals surface area contributed by atoms with Crippen molar-refractivity contribution in [2.45, 2.75) is 38.7 Å². The molecule has 0 atom stereocenters. The van der Waals surface area contributed by atoms with Crippen LogP contribution in [0.15, 0.2) is 35.2 Å². The largest absolute Gasteiger partial charge is 0.485 e. The molecule has 4 bridgehead atoms. The summed E-state index contributed by atoms with van der Waals surface area (Å²) in [5.41, 5.74) is 3.50. The van der Waals surface area contributed by atoms with Gasteiger partial charge in [0.2, 0.25) is 5.91 Å². The van der Waals surface area contributed by atoms with Gasteiger partial charge in [-0.3, -0.25) is 4.79 Å². The third-order valence-electron chi connectivity index (χ3n) is 6.53. The number of carbonyl (C=O) groups is 1. The number of aromatic nitrogens is 1. The fraction of sp³-hybridized carbons (Fsp3) is 0.524. The average molecular weight is 369 g/mol. The van der Waals surface area contributed by atoms with Crippen LogP contribution in [0.5, 0.6) is 5.75 Å². The van der Waals surface area contributed by atoms with Gasteiger partial charge in [-0.1, -0.05) is 12.1 Å². The molecule has 0 saturated heterocycles. The SMILES string of the molecule is O=C(Nc1ccccc1OCc1cscn1)C1C2CC3CC(C2)CC1C3. The molecular formula is C21H24N2O2S. The van der Waals surface area contributed by atoms with Crippen LogP contribution >= 0.6 is 11.3 Å². The summed E-state index contributed by atoms with van der Waals surface area (Å²) in [7, 11) is 0. The van der Waals surface area contributed by atoms with E-state index in [0.29, 0.717) is 18.4 Å². The van der Waals surface area contributed by atoms with Gasteiger partial charge in [0.1, 0.15) is 12.4 Å². The normalized spacial score (nSPS) is 31.8. The van der Waals surface area contributed by atoms with E-state index < -0.39 is 0 Å². The van der Waals surface area contributed by atoms with Gasteiger partial charge in [-0.15, -0.1) is 11.3 Å². The second-order valence-electron chi connectivity index (χ2n) is 8.21. The molecule has 2 aromatic rings. The van der Waals surface area contributed by atoms with Gasteiger partial charge in [-0.2, -0.15) is 0 Å². The molecule has 0 unspecified atom stereocenters. The second-order valence-corrected chi connectivity index (χ2v) is 8.93. The van der Waals surface area contributed by atoms with Crippen molar-refractivity contribution in [1.29, 1.82) is 0 Å². The summed E-state index contributed by atoms with van der Waals surface area (Å²) in [4.78, 5) is 17.4. The first-order valence-electron chi connectivity index (χ1n) is 9.66. The van der Waals surface area contributed by atoms with E-state index in [1.165, 1.54) is 32.1 Å². The zero-order valence-electron chi connectivity index (χ0n) is 14.8. The van der Waals surface area contributed by atoms with E-state index in [4.69, 9.17) is 4.74 Å². The third-order valence-corrected chi connectivity index (χ3v) is 7.17. The molecule has 0 spiro atoms. The van der Waals surface area contributed by atoms with Crippen molar-refractivity contribution in [3.8, 4) is 5.75 Å². The highest BCUT2D eigenvalue weighted by molar-refractivity contribution is 7.07. The van der Waals surface area contributed by atoms with Crippen LogP contribution in [0.25, 0.3) is 0 Å². The Hall–Kier alpha value is -1.88. The fourth-order valence-corrected chi connectivity index (χ4v) is 6.27.